The van der Waals surface area contributed by atoms with Crippen molar-refractivity contribution in [2.45, 2.75) is 6.54 Å². The fourth-order valence-electron chi connectivity index (χ4n) is 3.68. The van der Waals surface area contributed by atoms with Crippen LogP contribution in [0.3, 0.4) is 0 Å². The molecule has 1 aliphatic rings. The summed E-state index contributed by atoms with van der Waals surface area (Å²) in [5, 5.41) is 2.93. The maximum absolute atomic E-state index is 13.0. The van der Waals surface area contributed by atoms with Gasteiger partial charge in [-0.3, -0.25) is 4.79 Å². The molecule has 0 saturated carbocycles. The highest BCUT2D eigenvalue weighted by Gasteiger charge is 2.25. The number of nitrogens with one attached hydrogen (secondary N) is 1. The minimum absolute atomic E-state index is 0.146. The Balaban J connectivity index is 1.42. The van der Waals surface area contributed by atoms with E-state index in [9.17, 15) is 4.79 Å². The number of hydrogen-bond donors (Lipinski definition) is 1. The molecule has 1 aliphatic heterocycles. The quantitative estimate of drug-likeness (QED) is 0.758. The number of fused-ring (bicyclic) bond motifs is 1. The second-order valence-electron chi connectivity index (χ2n) is 6.87. The van der Waals surface area contributed by atoms with Crippen LogP contribution < -0.4 is 4.90 Å². The average molecular weight is 366 g/mol. The molecule has 1 saturated heterocycles. The predicted molar refractivity (Wildman–Crippen MR) is 106 cm³/mol. The first-order chi connectivity index (χ1) is 12.7. The van der Waals surface area contributed by atoms with Gasteiger partial charge in [0.25, 0.3) is 5.91 Å². The van der Waals surface area contributed by atoms with Crippen LogP contribution in [0.4, 0.5) is 0 Å². The molecule has 4 rings (SSSR count). The molecule has 0 spiro atoms. The van der Waals surface area contributed by atoms with Crippen molar-refractivity contribution in [1.82, 2.24) is 4.90 Å². The lowest BCUT2D eigenvalue weighted by Crippen LogP contribution is -3.13. The molecular weight excluding hydrogens is 344 g/mol. The molecule has 1 N–H and O–H groups in total. The SMILES string of the molecule is O=C(c1cccc2ccccc12)N1CC[NH+](Cc2ccc(Cl)cc2)CC1. The van der Waals surface area contributed by atoms with E-state index in [1.807, 2.05) is 47.4 Å². The monoisotopic (exact) mass is 365 g/mol. The number of halogens is 1. The zero-order valence-electron chi connectivity index (χ0n) is 14.6. The van der Waals surface area contributed by atoms with Crippen molar-refractivity contribution in [1.29, 1.82) is 0 Å². The summed E-state index contributed by atoms with van der Waals surface area (Å²) in [6.07, 6.45) is 0. The van der Waals surface area contributed by atoms with Crippen LogP contribution in [0.15, 0.2) is 66.7 Å². The van der Waals surface area contributed by atoms with Crippen molar-refractivity contribution in [2.75, 3.05) is 26.2 Å². The Hall–Kier alpha value is -2.36. The number of amides is 1. The molecule has 3 aromatic carbocycles. The second kappa shape index (κ2) is 7.48. The Bertz CT molecular complexity index is 910. The minimum atomic E-state index is 0.146. The van der Waals surface area contributed by atoms with E-state index in [0.29, 0.717) is 0 Å². The molecule has 4 heteroatoms. The van der Waals surface area contributed by atoms with Gasteiger partial charge in [-0.05, 0) is 29.0 Å². The lowest BCUT2D eigenvalue weighted by Gasteiger charge is -2.32. The molecule has 1 fully saturated rings. The number of carbonyl (C=O) groups is 1. The van der Waals surface area contributed by atoms with Crippen molar-refractivity contribution in [3.63, 3.8) is 0 Å². The van der Waals surface area contributed by atoms with Gasteiger partial charge in [0.15, 0.2) is 0 Å². The maximum atomic E-state index is 13.0. The van der Waals surface area contributed by atoms with E-state index in [0.717, 1.165) is 54.1 Å². The third-order valence-corrected chi connectivity index (χ3v) is 5.40. The van der Waals surface area contributed by atoms with Crippen molar-refractivity contribution < 1.29 is 9.69 Å². The zero-order chi connectivity index (χ0) is 17.9. The maximum Gasteiger partial charge on any atom is 0.254 e. The molecule has 3 nitrogen and oxygen atoms in total. The van der Waals surface area contributed by atoms with Gasteiger partial charge >= 0.3 is 0 Å². The summed E-state index contributed by atoms with van der Waals surface area (Å²) in [5.41, 5.74) is 2.10. The van der Waals surface area contributed by atoms with E-state index < -0.39 is 0 Å². The first kappa shape index (κ1) is 17.1. The number of piperazine rings is 1. The van der Waals surface area contributed by atoms with Crippen LogP contribution >= 0.6 is 11.6 Å². The molecule has 26 heavy (non-hydrogen) atoms. The van der Waals surface area contributed by atoms with Gasteiger partial charge in [0.1, 0.15) is 6.54 Å². The summed E-state index contributed by atoms with van der Waals surface area (Å²) < 4.78 is 0. The van der Waals surface area contributed by atoms with Gasteiger partial charge in [0.05, 0.1) is 26.2 Å². The molecule has 3 aromatic rings. The van der Waals surface area contributed by atoms with Crippen LogP contribution in [0, 0.1) is 0 Å². The Morgan fingerprint density at radius 1 is 0.923 bits per heavy atom. The predicted octanol–water partition coefficient (Wildman–Crippen LogP) is 3.03. The van der Waals surface area contributed by atoms with E-state index in [2.05, 4.69) is 24.3 Å². The summed E-state index contributed by atoms with van der Waals surface area (Å²) >= 11 is 5.96. The average Bonchev–Trinajstić information content (AvgIpc) is 2.69. The van der Waals surface area contributed by atoms with Crippen LogP contribution in [0.2, 0.25) is 5.02 Å². The lowest BCUT2D eigenvalue weighted by molar-refractivity contribution is -0.917. The van der Waals surface area contributed by atoms with Crippen LogP contribution in [0.25, 0.3) is 10.8 Å². The lowest BCUT2D eigenvalue weighted by atomic mass is 10.0. The van der Waals surface area contributed by atoms with Crippen LogP contribution in [-0.4, -0.2) is 37.0 Å². The van der Waals surface area contributed by atoms with E-state index in [1.54, 1.807) is 0 Å². The summed E-state index contributed by atoms with van der Waals surface area (Å²) in [4.78, 5) is 16.5. The number of nitrogens with zero attached hydrogens (tertiary/aromatic N) is 1. The number of hydrogen-bond acceptors (Lipinski definition) is 1. The fourth-order valence-corrected chi connectivity index (χ4v) is 3.80. The van der Waals surface area contributed by atoms with Gasteiger partial charge in [-0.1, -0.05) is 60.1 Å². The molecule has 1 heterocycles. The molecular formula is C22H22ClN2O+. The van der Waals surface area contributed by atoms with Gasteiger partial charge in [-0.25, -0.2) is 0 Å². The van der Waals surface area contributed by atoms with E-state index in [4.69, 9.17) is 11.6 Å². The topological polar surface area (TPSA) is 24.8 Å². The number of quaternary nitrogens is 1. The molecule has 0 aliphatic carbocycles. The van der Waals surface area contributed by atoms with E-state index >= 15 is 0 Å². The zero-order valence-corrected chi connectivity index (χ0v) is 15.4. The molecule has 0 unspecified atom stereocenters. The Morgan fingerprint density at radius 3 is 2.38 bits per heavy atom. The van der Waals surface area contributed by atoms with E-state index in [1.165, 1.54) is 10.5 Å². The third-order valence-electron chi connectivity index (χ3n) is 5.15. The molecule has 0 aromatic heterocycles. The summed E-state index contributed by atoms with van der Waals surface area (Å²) in [6, 6.07) is 22.1. The van der Waals surface area contributed by atoms with Gasteiger partial charge in [0, 0.05) is 16.1 Å². The third kappa shape index (κ3) is 3.59. The highest BCUT2D eigenvalue weighted by atomic mass is 35.5. The van der Waals surface area contributed by atoms with Gasteiger partial charge in [-0.15, -0.1) is 0 Å². The Labute approximate surface area is 158 Å². The highest BCUT2D eigenvalue weighted by molar-refractivity contribution is 6.30. The normalized spacial score (nSPS) is 15.3. The molecule has 1 amide bonds. The summed E-state index contributed by atoms with van der Waals surface area (Å²) in [5.74, 6) is 0.146. The second-order valence-corrected chi connectivity index (χ2v) is 7.31. The number of rotatable bonds is 3. The van der Waals surface area contributed by atoms with Crippen molar-refractivity contribution >= 4 is 28.3 Å². The van der Waals surface area contributed by atoms with Crippen LogP contribution in [0.5, 0.6) is 0 Å². The standard InChI is InChI=1S/C22H21ClN2O/c23-19-10-8-17(9-11-19)16-24-12-14-25(15-13-24)22(26)21-7-3-5-18-4-1-2-6-20(18)21/h1-11H,12-16H2/p+1. The number of carbonyl (C=O) groups excluding carboxylic acids is 1. The Morgan fingerprint density at radius 2 is 1.62 bits per heavy atom. The highest BCUT2D eigenvalue weighted by Crippen LogP contribution is 2.20. The molecule has 0 bridgehead atoms. The van der Waals surface area contributed by atoms with Gasteiger partial charge < -0.3 is 9.80 Å². The molecule has 0 radical (unpaired) electrons. The first-order valence-electron chi connectivity index (χ1n) is 9.06. The van der Waals surface area contributed by atoms with Crippen molar-refractivity contribution in [2.24, 2.45) is 0 Å². The molecule has 0 atom stereocenters. The summed E-state index contributed by atoms with van der Waals surface area (Å²) in [6.45, 7) is 4.52. The fraction of sp³-hybridized carbons (Fsp3) is 0.227. The van der Waals surface area contributed by atoms with E-state index in [-0.39, 0.29) is 5.91 Å². The van der Waals surface area contributed by atoms with Crippen LogP contribution in [-0.2, 0) is 6.54 Å². The largest absolute Gasteiger partial charge is 0.328 e. The van der Waals surface area contributed by atoms with Crippen LogP contribution in [0.1, 0.15) is 15.9 Å². The minimum Gasteiger partial charge on any atom is -0.328 e. The number of benzene rings is 3. The van der Waals surface area contributed by atoms with Gasteiger partial charge in [0.2, 0.25) is 0 Å². The Kier molecular flexibility index (Phi) is 4.91. The van der Waals surface area contributed by atoms with Crippen molar-refractivity contribution in [3.8, 4) is 0 Å². The smallest absolute Gasteiger partial charge is 0.254 e. The first-order valence-corrected chi connectivity index (χ1v) is 9.43. The van der Waals surface area contributed by atoms with Gasteiger partial charge in [-0.2, -0.15) is 0 Å². The van der Waals surface area contributed by atoms with Crippen molar-refractivity contribution in [3.05, 3.63) is 82.9 Å². The summed E-state index contributed by atoms with van der Waals surface area (Å²) in [7, 11) is 0. The molecule has 132 valence electrons.